The average Bonchev–Trinajstić information content (AvgIpc) is 2.49. The molecule has 6 heteroatoms. The summed E-state index contributed by atoms with van der Waals surface area (Å²) in [7, 11) is 0. The molecular weight excluding hydrogens is 194 g/mol. The minimum Gasteiger partial charge on any atom is -0.481 e. The Labute approximate surface area is 81.2 Å². The second-order valence-electron chi connectivity index (χ2n) is 2.93. The predicted molar refractivity (Wildman–Crippen MR) is 46.7 cm³/mol. The van der Waals surface area contributed by atoms with Crippen molar-refractivity contribution in [1.29, 1.82) is 0 Å². The molecule has 2 heterocycles. The van der Waals surface area contributed by atoms with Crippen molar-refractivity contribution < 1.29 is 9.90 Å². The van der Waals surface area contributed by atoms with Crippen LogP contribution in [0.25, 0.3) is 0 Å². The fourth-order valence-corrected chi connectivity index (χ4v) is 1.44. The van der Waals surface area contributed by atoms with Gasteiger partial charge in [-0.3, -0.25) is 4.79 Å². The predicted octanol–water partition coefficient (Wildman–Crippen LogP) is 0.347. The highest BCUT2D eigenvalue weighted by molar-refractivity contribution is 5.85. The van der Waals surface area contributed by atoms with E-state index in [1.54, 1.807) is 4.68 Å². The number of fused-ring (bicyclic) bond motifs is 1. The van der Waals surface area contributed by atoms with E-state index < -0.39 is 5.97 Å². The van der Waals surface area contributed by atoms with Gasteiger partial charge in [0.25, 0.3) is 0 Å². The topological polar surface area (TPSA) is 68.0 Å². The third-order valence-corrected chi connectivity index (χ3v) is 2.15. The first-order valence-electron chi connectivity index (χ1n) is 3.87. The fourth-order valence-electron chi connectivity index (χ4n) is 1.44. The number of carbonyl (C=O) groups is 1. The van der Waals surface area contributed by atoms with Crippen LogP contribution in [0.4, 0.5) is 0 Å². The number of aliphatic carboxylic acids is 1. The molecular formula is C7H10ClN3O2. The first kappa shape index (κ1) is 9.98. The molecule has 2 rings (SSSR count). The smallest absolute Gasteiger partial charge is 0.308 e. The molecule has 1 unspecified atom stereocenters. The van der Waals surface area contributed by atoms with Crippen molar-refractivity contribution in [2.24, 2.45) is 5.92 Å². The highest BCUT2D eigenvalue weighted by Gasteiger charge is 2.24. The van der Waals surface area contributed by atoms with Gasteiger partial charge in [-0.2, -0.15) is 5.10 Å². The van der Waals surface area contributed by atoms with E-state index in [1.807, 2.05) is 0 Å². The third-order valence-electron chi connectivity index (χ3n) is 2.15. The van der Waals surface area contributed by atoms with Crippen LogP contribution in [0.1, 0.15) is 12.2 Å². The summed E-state index contributed by atoms with van der Waals surface area (Å²) in [5, 5.41) is 12.7. The van der Waals surface area contributed by atoms with E-state index >= 15 is 0 Å². The van der Waals surface area contributed by atoms with Gasteiger partial charge in [0.05, 0.1) is 12.5 Å². The van der Waals surface area contributed by atoms with Gasteiger partial charge in [-0.05, 0) is 6.42 Å². The zero-order valence-electron chi connectivity index (χ0n) is 6.88. The van der Waals surface area contributed by atoms with Gasteiger partial charge in [0.1, 0.15) is 12.2 Å². The van der Waals surface area contributed by atoms with E-state index in [0.717, 1.165) is 12.2 Å². The number of aromatic nitrogens is 3. The van der Waals surface area contributed by atoms with Gasteiger partial charge in [0.15, 0.2) is 0 Å². The van der Waals surface area contributed by atoms with Gasteiger partial charge in [-0.15, -0.1) is 12.4 Å². The van der Waals surface area contributed by atoms with Crippen LogP contribution in [0.2, 0.25) is 0 Å². The maximum absolute atomic E-state index is 10.6. The molecule has 0 spiro atoms. The van der Waals surface area contributed by atoms with E-state index in [1.165, 1.54) is 6.33 Å². The average molecular weight is 204 g/mol. The Balaban J connectivity index is 0.000000845. The number of hydrogen-bond donors (Lipinski definition) is 1. The SMILES string of the molecule is Cl.O=C(O)C1CCc2ncnn2C1. The molecule has 1 aliphatic heterocycles. The van der Waals surface area contributed by atoms with E-state index in [2.05, 4.69) is 10.1 Å². The van der Waals surface area contributed by atoms with Gasteiger partial charge in [0, 0.05) is 6.42 Å². The fraction of sp³-hybridized carbons (Fsp3) is 0.571. The third kappa shape index (κ3) is 1.80. The maximum atomic E-state index is 10.6. The van der Waals surface area contributed by atoms with Crippen LogP contribution in [0.15, 0.2) is 6.33 Å². The summed E-state index contributed by atoms with van der Waals surface area (Å²) in [6.07, 6.45) is 2.87. The normalized spacial score (nSPS) is 20.2. The number of carboxylic acid groups (broad SMARTS) is 1. The lowest BCUT2D eigenvalue weighted by Crippen LogP contribution is -2.27. The molecule has 72 valence electrons. The lowest BCUT2D eigenvalue weighted by Gasteiger charge is -2.18. The molecule has 0 radical (unpaired) electrons. The van der Waals surface area contributed by atoms with E-state index in [9.17, 15) is 4.79 Å². The minimum absolute atomic E-state index is 0. The minimum atomic E-state index is -0.740. The lowest BCUT2D eigenvalue weighted by molar-refractivity contribution is -0.142. The van der Waals surface area contributed by atoms with Crippen LogP contribution in [-0.4, -0.2) is 25.8 Å². The summed E-state index contributed by atoms with van der Waals surface area (Å²) >= 11 is 0. The highest BCUT2D eigenvalue weighted by Crippen LogP contribution is 2.16. The molecule has 1 aliphatic rings. The summed E-state index contributed by atoms with van der Waals surface area (Å²) in [6.45, 7) is 0.463. The summed E-state index contributed by atoms with van der Waals surface area (Å²) < 4.78 is 1.67. The maximum Gasteiger partial charge on any atom is 0.308 e. The Morgan fingerprint density at radius 2 is 2.46 bits per heavy atom. The van der Waals surface area contributed by atoms with Crippen molar-refractivity contribution >= 4 is 18.4 Å². The molecule has 1 aromatic heterocycles. The zero-order valence-corrected chi connectivity index (χ0v) is 7.70. The van der Waals surface area contributed by atoms with Gasteiger partial charge >= 0.3 is 5.97 Å². The summed E-state index contributed by atoms with van der Waals surface area (Å²) in [5.74, 6) is -0.136. The largest absolute Gasteiger partial charge is 0.481 e. The molecule has 5 nitrogen and oxygen atoms in total. The molecule has 1 N–H and O–H groups in total. The van der Waals surface area contributed by atoms with E-state index in [-0.39, 0.29) is 18.3 Å². The number of carboxylic acids is 1. The second-order valence-corrected chi connectivity index (χ2v) is 2.93. The molecule has 0 amide bonds. The molecule has 0 saturated heterocycles. The Hall–Kier alpha value is -1.10. The first-order valence-corrected chi connectivity index (χ1v) is 3.87. The molecule has 0 bridgehead atoms. The molecule has 0 fully saturated rings. The lowest BCUT2D eigenvalue weighted by atomic mass is 10.0. The van der Waals surface area contributed by atoms with Crippen molar-refractivity contribution in [2.45, 2.75) is 19.4 Å². The van der Waals surface area contributed by atoms with Crippen LogP contribution < -0.4 is 0 Å². The van der Waals surface area contributed by atoms with Crippen LogP contribution in [0.3, 0.4) is 0 Å². The monoisotopic (exact) mass is 203 g/mol. The van der Waals surface area contributed by atoms with Crippen LogP contribution in [-0.2, 0) is 17.8 Å². The number of aryl methyl sites for hydroxylation is 1. The molecule has 0 saturated carbocycles. The van der Waals surface area contributed by atoms with Gasteiger partial charge in [-0.25, -0.2) is 9.67 Å². The quantitative estimate of drug-likeness (QED) is 0.715. The van der Waals surface area contributed by atoms with Crippen molar-refractivity contribution in [3.63, 3.8) is 0 Å². The molecule has 1 aromatic rings. The van der Waals surface area contributed by atoms with E-state index in [4.69, 9.17) is 5.11 Å². The molecule has 13 heavy (non-hydrogen) atoms. The van der Waals surface area contributed by atoms with Crippen LogP contribution >= 0.6 is 12.4 Å². The number of rotatable bonds is 1. The Morgan fingerprint density at radius 1 is 1.69 bits per heavy atom. The number of hydrogen-bond acceptors (Lipinski definition) is 3. The Bertz CT molecular complexity index is 312. The van der Waals surface area contributed by atoms with Gasteiger partial charge < -0.3 is 5.11 Å². The molecule has 0 aliphatic carbocycles. The van der Waals surface area contributed by atoms with E-state index in [0.29, 0.717) is 13.0 Å². The summed E-state index contributed by atoms with van der Waals surface area (Å²) in [5.41, 5.74) is 0. The second kappa shape index (κ2) is 3.74. The van der Waals surface area contributed by atoms with Crippen LogP contribution in [0.5, 0.6) is 0 Å². The van der Waals surface area contributed by atoms with Crippen molar-refractivity contribution in [3.8, 4) is 0 Å². The molecule has 1 atom stereocenters. The van der Waals surface area contributed by atoms with Gasteiger partial charge in [-0.1, -0.05) is 0 Å². The first-order chi connectivity index (χ1) is 5.77. The number of halogens is 1. The Morgan fingerprint density at radius 3 is 3.15 bits per heavy atom. The Kier molecular flexibility index (Phi) is 2.87. The summed E-state index contributed by atoms with van der Waals surface area (Å²) in [4.78, 5) is 14.6. The van der Waals surface area contributed by atoms with Gasteiger partial charge in [0.2, 0.25) is 0 Å². The van der Waals surface area contributed by atoms with Crippen molar-refractivity contribution in [2.75, 3.05) is 0 Å². The standard InChI is InChI=1S/C7H9N3O2.ClH/c11-7(12)5-1-2-6-8-4-9-10(6)3-5;/h4-5H,1-3H2,(H,11,12);1H. The molecule has 0 aromatic carbocycles. The van der Waals surface area contributed by atoms with Crippen LogP contribution in [0, 0.1) is 5.92 Å². The van der Waals surface area contributed by atoms with Crippen molar-refractivity contribution in [3.05, 3.63) is 12.2 Å². The van der Waals surface area contributed by atoms with Crippen molar-refractivity contribution in [1.82, 2.24) is 14.8 Å². The number of nitrogens with zero attached hydrogens (tertiary/aromatic N) is 3. The zero-order chi connectivity index (χ0) is 8.55. The highest BCUT2D eigenvalue weighted by atomic mass is 35.5. The summed E-state index contributed by atoms with van der Waals surface area (Å²) in [6, 6.07) is 0.